The van der Waals surface area contributed by atoms with Crippen molar-refractivity contribution in [1.82, 2.24) is 0 Å². The highest BCUT2D eigenvalue weighted by molar-refractivity contribution is 4.68. The summed E-state index contributed by atoms with van der Waals surface area (Å²) in [6.45, 7) is 1.56. The first kappa shape index (κ1) is 10.7. The summed E-state index contributed by atoms with van der Waals surface area (Å²) in [5.74, 6) is -2.01. The largest absolute Gasteiger partial charge is 0.396 e. The average Bonchev–Trinajstić information content (AvgIpc) is 1.79. The van der Waals surface area contributed by atoms with Gasteiger partial charge in [0.15, 0.2) is 6.29 Å². The number of alkyl halides is 3. The van der Waals surface area contributed by atoms with Gasteiger partial charge in [0.05, 0.1) is 0 Å². The smallest absolute Gasteiger partial charge is 0.368 e. The zero-order chi connectivity index (χ0) is 9.07. The molecule has 0 radical (unpaired) electrons. The number of aliphatic hydroxyl groups is 2. The SMILES string of the molecule is CCCC(C(O)O)C(F)(F)F. The van der Waals surface area contributed by atoms with Crippen LogP contribution < -0.4 is 0 Å². The molecule has 0 aliphatic rings. The molecule has 5 heteroatoms. The van der Waals surface area contributed by atoms with Gasteiger partial charge in [-0.1, -0.05) is 13.3 Å². The quantitative estimate of drug-likeness (QED) is 0.629. The first-order valence-corrected chi connectivity index (χ1v) is 3.32. The van der Waals surface area contributed by atoms with E-state index in [9.17, 15) is 13.2 Å². The molecule has 0 fully saturated rings. The van der Waals surface area contributed by atoms with Crippen LogP contribution in [0.1, 0.15) is 19.8 Å². The van der Waals surface area contributed by atoms with Crippen molar-refractivity contribution >= 4 is 0 Å². The molecular formula is C6H11F3O2. The number of halogens is 3. The van der Waals surface area contributed by atoms with E-state index in [2.05, 4.69) is 0 Å². The van der Waals surface area contributed by atoms with Crippen molar-refractivity contribution < 1.29 is 23.4 Å². The first-order valence-electron chi connectivity index (χ1n) is 3.32. The van der Waals surface area contributed by atoms with Crippen LogP contribution in [-0.2, 0) is 0 Å². The fraction of sp³-hybridized carbons (Fsp3) is 1.00. The van der Waals surface area contributed by atoms with Crippen molar-refractivity contribution in [2.24, 2.45) is 5.92 Å². The van der Waals surface area contributed by atoms with Gasteiger partial charge in [-0.25, -0.2) is 0 Å². The van der Waals surface area contributed by atoms with Gasteiger partial charge >= 0.3 is 6.18 Å². The highest BCUT2D eigenvalue weighted by Gasteiger charge is 2.42. The molecule has 0 rings (SSSR count). The Morgan fingerprint density at radius 2 is 1.73 bits per heavy atom. The number of hydrogen-bond acceptors (Lipinski definition) is 2. The van der Waals surface area contributed by atoms with Crippen molar-refractivity contribution in [3.63, 3.8) is 0 Å². The molecule has 0 aromatic heterocycles. The molecule has 0 aromatic rings. The van der Waals surface area contributed by atoms with Gasteiger partial charge in [0.2, 0.25) is 0 Å². The van der Waals surface area contributed by atoms with E-state index >= 15 is 0 Å². The monoisotopic (exact) mass is 172 g/mol. The molecule has 0 aliphatic heterocycles. The van der Waals surface area contributed by atoms with Crippen molar-refractivity contribution in [3.8, 4) is 0 Å². The van der Waals surface area contributed by atoms with Crippen LogP contribution in [0.4, 0.5) is 13.2 Å². The molecule has 0 bridgehead atoms. The lowest BCUT2D eigenvalue weighted by molar-refractivity contribution is -0.240. The van der Waals surface area contributed by atoms with Crippen LogP contribution in [0.15, 0.2) is 0 Å². The number of rotatable bonds is 3. The van der Waals surface area contributed by atoms with Crippen LogP contribution >= 0.6 is 0 Å². The molecule has 68 valence electrons. The lowest BCUT2D eigenvalue weighted by Gasteiger charge is -2.20. The maximum Gasteiger partial charge on any atom is 0.396 e. The molecule has 0 aromatic carbocycles. The minimum atomic E-state index is -4.51. The molecular weight excluding hydrogens is 161 g/mol. The van der Waals surface area contributed by atoms with Crippen LogP contribution in [0.25, 0.3) is 0 Å². The molecule has 1 unspecified atom stereocenters. The van der Waals surface area contributed by atoms with E-state index in [0.29, 0.717) is 0 Å². The van der Waals surface area contributed by atoms with Crippen LogP contribution in [0.5, 0.6) is 0 Å². The Hall–Kier alpha value is -0.290. The summed E-state index contributed by atoms with van der Waals surface area (Å²) in [5.41, 5.74) is 0. The molecule has 11 heavy (non-hydrogen) atoms. The molecule has 0 saturated carbocycles. The van der Waals surface area contributed by atoms with Gasteiger partial charge in [-0.15, -0.1) is 0 Å². The van der Waals surface area contributed by atoms with Crippen LogP contribution in [0.3, 0.4) is 0 Å². The lowest BCUT2D eigenvalue weighted by atomic mass is 10.0. The fourth-order valence-electron chi connectivity index (χ4n) is 0.793. The van der Waals surface area contributed by atoms with E-state index < -0.39 is 18.4 Å². The molecule has 2 nitrogen and oxygen atoms in total. The van der Waals surface area contributed by atoms with E-state index in [0.717, 1.165) is 0 Å². The third kappa shape index (κ3) is 3.57. The Morgan fingerprint density at radius 1 is 1.27 bits per heavy atom. The summed E-state index contributed by atoms with van der Waals surface area (Å²) in [6, 6.07) is 0. The standard InChI is InChI=1S/C6H11F3O2/c1-2-3-4(5(10)11)6(7,8)9/h4-5,10-11H,2-3H2,1H3. The van der Waals surface area contributed by atoms with E-state index in [4.69, 9.17) is 10.2 Å². The molecule has 1 atom stereocenters. The van der Waals surface area contributed by atoms with E-state index in [-0.39, 0.29) is 12.8 Å². The van der Waals surface area contributed by atoms with Crippen molar-refractivity contribution in [2.45, 2.75) is 32.2 Å². The molecule has 2 N–H and O–H groups in total. The minimum absolute atomic E-state index is 0.249. The van der Waals surface area contributed by atoms with Gasteiger partial charge in [-0.3, -0.25) is 0 Å². The minimum Gasteiger partial charge on any atom is -0.368 e. The Morgan fingerprint density at radius 3 is 1.82 bits per heavy atom. The second-order valence-corrected chi connectivity index (χ2v) is 2.35. The van der Waals surface area contributed by atoms with Gasteiger partial charge in [0.25, 0.3) is 0 Å². The predicted molar refractivity (Wildman–Crippen MR) is 32.7 cm³/mol. The van der Waals surface area contributed by atoms with Gasteiger partial charge < -0.3 is 10.2 Å². The van der Waals surface area contributed by atoms with Crippen LogP contribution in [0.2, 0.25) is 0 Å². The molecule has 0 spiro atoms. The summed E-state index contributed by atoms with van der Waals surface area (Å²) < 4.78 is 35.5. The highest BCUT2D eigenvalue weighted by atomic mass is 19.4. The average molecular weight is 172 g/mol. The van der Waals surface area contributed by atoms with Crippen molar-refractivity contribution in [3.05, 3.63) is 0 Å². The van der Waals surface area contributed by atoms with E-state index in [1.165, 1.54) is 0 Å². The van der Waals surface area contributed by atoms with Gasteiger partial charge in [-0.2, -0.15) is 13.2 Å². The van der Waals surface area contributed by atoms with Crippen LogP contribution in [-0.4, -0.2) is 22.7 Å². The number of aliphatic hydroxyl groups excluding tert-OH is 1. The maximum atomic E-state index is 11.8. The second kappa shape index (κ2) is 3.92. The first-order chi connectivity index (χ1) is 4.89. The zero-order valence-corrected chi connectivity index (χ0v) is 6.10. The summed E-state index contributed by atoms with van der Waals surface area (Å²) in [6.07, 6.45) is -6.78. The predicted octanol–water partition coefficient (Wildman–Crippen LogP) is 1.28. The zero-order valence-electron chi connectivity index (χ0n) is 6.10. The van der Waals surface area contributed by atoms with Crippen molar-refractivity contribution in [2.75, 3.05) is 0 Å². The third-order valence-electron chi connectivity index (χ3n) is 1.38. The second-order valence-electron chi connectivity index (χ2n) is 2.35. The summed E-state index contributed by atoms with van der Waals surface area (Å²) in [5, 5.41) is 16.6. The molecule has 0 heterocycles. The Bertz CT molecular complexity index is 111. The maximum absolute atomic E-state index is 11.8. The summed E-state index contributed by atoms with van der Waals surface area (Å²) >= 11 is 0. The van der Waals surface area contributed by atoms with Crippen LogP contribution in [0, 0.1) is 5.92 Å². The number of hydrogen-bond donors (Lipinski definition) is 2. The van der Waals surface area contributed by atoms with Gasteiger partial charge in [0, 0.05) is 0 Å². The molecule has 0 saturated heterocycles. The lowest BCUT2D eigenvalue weighted by Crippen LogP contribution is -2.33. The van der Waals surface area contributed by atoms with Gasteiger partial charge in [0.1, 0.15) is 5.92 Å². The fourth-order valence-corrected chi connectivity index (χ4v) is 0.793. The summed E-state index contributed by atoms with van der Waals surface area (Å²) in [7, 11) is 0. The third-order valence-corrected chi connectivity index (χ3v) is 1.38. The molecule has 0 aliphatic carbocycles. The normalized spacial score (nSPS) is 15.5. The topological polar surface area (TPSA) is 40.5 Å². The Balaban J connectivity index is 4.10. The Labute approximate surface area is 62.6 Å². The highest BCUT2D eigenvalue weighted by Crippen LogP contribution is 2.31. The van der Waals surface area contributed by atoms with Gasteiger partial charge in [-0.05, 0) is 6.42 Å². The molecule has 0 amide bonds. The van der Waals surface area contributed by atoms with Crippen molar-refractivity contribution in [1.29, 1.82) is 0 Å². The van der Waals surface area contributed by atoms with E-state index in [1.807, 2.05) is 0 Å². The summed E-state index contributed by atoms with van der Waals surface area (Å²) in [4.78, 5) is 0. The van der Waals surface area contributed by atoms with E-state index in [1.54, 1.807) is 6.92 Å². The Kier molecular flexibility index (Phi) is 3.82.